The standard InChI is InChI=1S/C12H10F4N2O/c13-10-5-7(1-2-9(10)12(14,15)16)11(18-17)8-3-4-19-6-8/h1-6,11,18H,17H2. The third-order valence-electron chi connectivity index (χ3n) is 2.68. The highest BCUT2D eigenvalue weighted by Crippen LogP contribution is 2.33. The molecule has 2 aromatic rings. The van der Waals surface area contributed by atoms with Gasteiger partial charge in [0.05, 0.1) is 24.1 Å². The van der Waals surface area contributed by atoms with Crippen LogP contribution >= 0.6 is 0 Å². The number of furan rings is 1. The summed E-state index contributed by atoms with van der Waals surface area (Å²) in [5.41, 5.74) is 1.95. The van der Waals surface area contributed by atoms with Crippen molar-refractivity contribution in [2.24, 2.45) is 5.84 Å². The maximum Gasteiger partial charge on any atom is 0.419 e. The number of halogens is 4. The normalized spacial score (nSPS) is 13.5. The molecule has 3 N–H and O–H groups in total. The maximum atomic E-state index is 13.5. The first-order valence-electron chi connectivity index (χ1n) is 5.28. The summed E-state index contributed by atoms with van der Waals surface area (Å²) < 4.78 is 55.7. The number of rotatable bonds is 3. The Morgan fingerprint density at radius 3 is 2.37 bits per heavy atom. The molecule has 0 aliphatic heterocycles. The first-order valence-corrected chi connectivity index (χ1v) is 5.28. The van der Waals surface area contributed by atoms with Crippen molar-refractivity contribution in [2.45, 2.75) is 12.2 Å². The summed E-state index contributed by atoms with van der Waals surface area (Å²) in [6, 6.07) is 3.61. The Labute approximate surface area is 106 Å². The van der Waals surface area contributed by atoms with Gasteiger partial charge in [0.25, 0.3) is 0 Å². The number of hydrogen-bond acceptors (Lipinski definition) is 3. The van der Waals surface area contributed by atoms with Gasteiger partial charge < -0.3 is 4.42 Å². The molecule has 1 unspecified atom stereocenters. The van der Waals surface area contributed by atoms with Gasteiger partial charge in [0.1, 0.15) is 5.82 Å². The summed E-state index contributed by atoms with van der Waals surface area (Å²) in [7, 11) is 0. The zero-order valence-electron chi connectivity index (χ0n) is 9.54. The van der Waals surface area contributed by atoms with E-state index >= 15 is 0 Å². The molecule has 3 nitrogen and oxygen atoms in total. The maximum absolute atomic E-state index is 13.5. The monoisotopic (exact) mass is 274 g/mol. The molecule has 1 aromatic carbocycles. The molecule has 0 aliphatic carbocycles. The van der Waals surface area contributed by atoms with E-state index in [2.05, 4.69) is 5.43 Å². The number of nitrogens with one attached hydrogen (secondary N) is 1. The second kappa shape index (κ2) is 5.02. The summed E-state index contributed by atoms with van der Waals surface area (Å²) in [6.07, 6.45) is -1.95. The predicted octanol–water partition coefficient (Wildman–Crippen LogP) is 2.99. The second-order valence-electron chi connectivity index (χ2n) is 3.89. The summed E-state index contributed by atoms with van der Waals surface area (Å²) >= 11 is 0. The van der Waals surface area contributed by atoms with E-state index in [1.165, 1.54) is 18.6 Å². The Morgan fingerprint density at radius 1 is 1.16 bits per heavy atom. The van der Waals surface area contributed by atoms with Crippen LogP contribution in [0.2, 0.25) is 0 Å². The molecule has 0 radical (unpaired) electrons. The lowest BCUT2D eigenvalue weighted by Crippen LogP contribution is -2.28. The zero-order chi connectivity index (χ0) is 14.0. The molecular formula is C12H10F4N2O. The molecule has 0 saturated heterocycles. The van der Waals surface area contributed by atoms with Crippen LogP contribution in [-0.4, -0.2) is 0 Å². The van der Waals surface area contributed by atoms with Gasteiger partial charge in [-0.05, 0) is 23.8 Å². The molecule has 0 bridgehead atoms. The molecule has 2 rings (SSSR count). The summed E-state index contributed by atoms with van der Waals surface area (Å²) in [5.74, 6) is 3.99. The van der Waals surface area contributed by atoms with Crippen molar-refractivity contribution in [3.8, 4) is 0 Å². The van der Waals surface area contributed by atoms with Gasteiger partial charge in [-0.2, -0.15) is 13.2 Å². The minimum absolute atomic E-state index is 0.273. The van der Waals surface area contributed by atoms with Crippen LogP contribution in [0.5, 0.6) is 0 Å². The predicted molar refractivity (Wildman–Crippen MR) is 59.3 cm³/mol. The fourth-order valence-corrected chi connectivity index (χ4v) is 1.76. The van der Waals surface area contributed by atoms with Crippen LogP contribution in [0.3, 0.4) is 0 Å². The first-order chi connectivity index (χ1) is 8.93. The summed E-state index contributed by atoms with van der Waals surface area (Å²) in [6.45, 7) is 0. The van der Waals surface area contributed by atoms with Crippen molar-refractivity contribution >= 4 is 0 Å². The Bertz CT molecular complexity index is 551. The highest BCUT2D eigenvalue weighted by atomic mass is 19.4. The van der Waals surface area contributed by atoms with Crippen molar-refractivity contribution in [3.63, 3.8) is 0 Å². The molecule has 0 amide bonds. The van der Waals surface area contributed by atoms with Crippen LogP contribution in [0.1, 0.15) is 22.7 Å². The molecule has 1 aromatic heterocycles. The number of alkyl halides is 3. The van der Waals surface area contributed by atoms with Gasteiger partial charge in [0.15, 0.2) is 0 Å². The lowest BCUT2D eigenvalue weighted by Gasteiger charge is -2.16. The number of hydrogen-bond donors (Lipinski definition) is 2. The van der Waals surface area contributed by atoms with Crippen LogP contribution in [0, 0.1) is 5.82 Å². The Morgan fingerprint density at radius 2 is 1.89 bits per heavy atom. The lowest BCUT2D eigenvalue weighted by atomic mass is 10.00. The summed E-state index contributed by atoms with van der Waals surface area (Å²) in [4.78, 5) is 0. The smallest absolute Gasteiger partial charge is 0.419 e. The molecule has 1 atom stereocenters. The topological polar surface area (TPSA) is 51.2 Å². The first kappa shape index (κ1) is 13.6. The lowest BCUT2D eigenvalue weighted by molar-refractivity contribution is -0.140. The van der Waals surface area contributed by atoms with Gasteiger partial charge >= 0.3 is 6.18 Å². The van der Waals surface area contributed by atoms with Gasteiger partial charge in [-0.25, -0.2) is 9.82 Å². The van der Waals surface area contributed by atoms with Crippen LogP contribution < -0.4 is 11.3 Å². The van der Waals surface area contributed by atoms with Gasteiger partial charge in [0, 0.05) is 5.56 Å². The third-order valence-corrected chi connectivity index (χ3v) is 2.68. The zero-order valence-corrected chi connectivity index (χ0v) is 9.54. The molecular weight excluding hydrogens is 264 g/mol. The molecule has 1 heterocycles. The number of hydrazine groups is 1. The van der Waals surface area contributed by atoms with E-state index in [1.807, 2.05) is 0 Å². The molecule has 19 heavy (non-hydrogen) atoms. The quantitative estimate of drug-likeness (QED) is 0.514. The van der Waals surface area contributed by atoms with Gasteiger partial charge in [-0.15, -0.1) is 0 Å². The van der Waals surface area contributed by atoms with E-state index < -0.39 is 23.6 Å². The third kappa shape index (κ3) is 2.77. The highest BCUT2D eigenvalue weighted by molar-refractivity contribution is 5.33. The van der Waals surface area contributed by atoms with Crippen LogP contribution in [-0.2, 0) is 6.18 Å². The molecule has 7 heteroatoms. The fourth-order valence-electron chi connectivity index (χ4n) is 1.76. The minimum atomic E-state index is -4.72. The summed E-state index contributed by atoms with van der Waals surface area (Å²) in [5, 5.41) is 0. The van der Waals surface area contributed by atoms with Crippen molar-refractivity contribution in [2.75, 3.05) is 0 Å². The molecule has 0 saturated carbocycles. The van der Waals surface area contributed by atoms with Crippen molar-refractivity contribution in [1.82, 2.24) is 5.43 Å². The number of benzene rings is 1. The van der Waals surface area contributed by atoms with Crippen molar-refractivity contribution in [1.29, 1.82) is 0 Å². The number of nitrogens with two attached hydrogens (primary N) is 1. The van der Waals surface area contributed by atoms with E-state index in [4.69, 9.17) is 10.3 Å². The van der Waals surface area contributed by atoms with Crippen LogP contribution in [0.15, 0.2) is 41.2 Å². The van der Waals surface area contributed by atoms with Crippen molar-refractivity contribution in [3.05, 3.63) is 59.3 Å². The van der Waals surface area contributed by atoms with Gasteiger partial charge in [0.2, 0.25) is 0 Å². The molecule has 0 fully saturated rings. The van der Waals surface area contributed by atoms with E-state index in [9.17, 15) is 17.6 Å². The Kier molecular flexibility index (Phi) is 3.59. The van der Waals surface area contributed by atoms with Crippen LogP contribution in [0.4, 0.5) is 17.6 Å². The molecule has 102 valence electrons. The SMILES string of the molecule is NNC(c1ccoc1)c1ccc(C(F)(F)F)c(F)c1. The highest BCUT2D eigenvalue weighted by Gasteiger charge is 2.34. The van der Waals surface area contributed by atoms with E-state index in [1.54, 1.807) is 6.07 Å². The van der Waals surface area contributed by atoms with Crippen molar-refractivity contribution < 1.29 is 22.0 Å². The fraction of sp³-hybridized carbons (Fsp3) is 0.167. The Balaban J connectivity index is 2.39. The van der Waals surface area contributed by atoms with Gasteiger partial charge in [-0.1, -0.05) is 6.07 Å². The second-order valence-corrected chi connectivity index (χ2v) is 3.89. The van der Waals surface area contributed by atoms with E-state index in [0.717, 1.165) is 6.07 Å². The minimum Gasteiger partial charge on any atom is -0.472 e. The van der Waals surface area contributed by atoms with E-state index in [0.29, 0.717) is 11.6 Å². The molecule has 0 spiro atoms. The van der Waals surface area contributed by atoms with E-state index in [-0.39, 0.29) is 5.56 Å². The van der Waals surface area contributed by atoms with Gasteiger partial charge in [-0.3, -0.25) is 5.84 Å². The average molecular weight is 274 g/mol. The van der Waals surface area contributed by atoms with Crippen LogP contribution in [0.25, 0.3) is 0 Å². The Hall–Kier alpha value is -1.86. The largest absolute Gasteiger partial charge is 0.472 e. The molecule has 0 aliphatic rings. The average Bonchev–Trinajstić information content (AvgIpc) is 2.82.